The molecule has 72 valence electrons. The molecular formula is C8H18PS3+. The monoisotopic (exact) mass is 241 g/mol. The highest BCUT2D eigenvalue weighted by molar-refractivity contribution is 8.94. The number of unbranched alkanes of at least 4 members (excludes halogenated alkanes) is 2. The molecule has 0 amide bonds. The minimum absolute atomic E-state index is 0.187. The average molecular weight is 241 g/mol. The van der Waals surface area contributed by atoms with Gasteiger partial charge in [0.15, 0.2) is 11.8 Å². The molecule has 0 aliphatic heterocycles. The summed E-state index contributed by atoms with van der Waals surface area (Å²) < 4.78 is 0. The summed E-state index contributed by atoms with van der Waals surface area (Å²) in [5.74, 6) is 2.54. The van der Waals surface area contributed by atoms with Gasteiger partial charge in [-0.1, -0.05) is 26.7 Å². The van der Waals surface area contributed by atoms with Crippen molar-refractivity contribution in [3.8, 4) is 0 Å². The van der Waals surface area contributed by atoms with E-state index in [9.17, 15) is 0 Å². The van der Waals surface area contributed by atoms with Crippen LogP contribution in [-0.2, 0) is 11.8 Å². The SMILES string of the molecule is CCCCS[P+](=S)SCCCC. The molecule has 0 bridgehead atoms. The van der Waals surface area contributed by atoms with E-state index in [0.29, 0.717) is 0 Å². The fourth-order valence-corrected chi connectivity index (χ4v) is 7.06. The first kappa shape index (κ1) is 13.2. The maximum Gasteiger partial charge on any atom is 0.317 e. The molecule has 0 aromatic rings. The molecule has 0 atom stereocenters. The Labute approximate surface area is 90.6 Å². The summed E-state index contributed by atoms with van der Waals surface area (Å²) in [6.07, 6.45) is 5.25. The molecule has 0 aliphatic carbocycles. The Kier molecular flexibility index (Phi) is 11.3. The van der Waals surface area contributed by atoms with Gasteiger partial charge in [-0.25, -0.2) is 0 Å². The smallest absolute Gasteiger partial charge is 0.0654 e. The minimum atomic E-state index is -0.187. The highest BCUT2D eigenvalue weighted by Crippen LogP contribution is 2.50. The van der Waals surface area contributed by atoms with Crippen molar-refractivity contribution in [2.24, 2.45) is 0 Å². The third-order valence-electron chi connectivity index (χ3n) is 1.39. The molecular weight excluding hydrogens is 223 g/mol. The van der Waals surface area contributed by atoms with E-state index in [1.807, 2.05) is 22.8 Å². The Balaban J connectivity index is 3.10. The van der Waals surface area contributed by atoms with Crippen molar-refractivity contribution in [2.75, 3.05) is 11.5 Å². The summed E-state index contributed by atoms with van der Waals surface area (Å²) in [7, 11) is 0. The largest absolute Gasteiger partial charge is 0.317 e. The van der Waals surface area contributed by atoms with Crippen molar-refractivity contribution in [3.63, 3.8) is 0 Å². The van der Waals surface area contributed by atoms with Crippen LogP contribution in [-0.4, -0.2) is 11.5 Å². The van der Waals surface area contributed by atoms with Crippen LogP contribution in [0.5, 0.6) is 0 Å². The van der Waals surface area contributed by atoms with Gasteiger partial charge in [-0.15, -0.1) is 0 Å². The highest BCUT2D eigenvalue weighted by Gasteiger charge is 2.12. The van der Waals surface area contributed by atoms with Gasteiger partial charge in [0.1, 0.15) is 22.8 Å². The molecule has 12 heavy (non-hydrogen) atoms. The summed E-state index contributed by atoms with van der Waals surface area (Å²) >= 11 is 9.34. The van der Waals surface area contributed by atoms with Gasteiger partial charge in [0, 0.05) is 11.5 Å². The van der Waals surface area contributed by atoms with E-state index in [-0.39, 0.29) is 5.10 Å². The predicted octanol–water partition coefficient (Wildman–Crippen LogP) is 4.83. The van der Waals surface area contributed by atoms with Crippen LogP contribution >= 0.6 is 27.9 Å². The van der Waals surface area contributed by atoms with E-state index in [2.05, 4.69) is 13.8 Å². The summed E-state index contributed by atoms with van der Waals surface area (Å²) in [5.41, 5.74) is 0. The van der Waals surface area contributed by atoms with Crippen LogP contribution in [0.25, 0.3) is 0 Å². The lowest BCUT2D eigenvalue weighted by Crippen LogP contribution is -1.74. The fourth-order valence-electron chi connectivity index (χ4n) is 0.604. The van der Waals surface area contributed by atoms with Crippen molar-refractivity contribution in [1.29, 1.82) is 0 Å². The first-order valence-electron chi connectivity index (χ1n) is 4.54. The van der Waals surface area contributed by atoms with E-state index >= 15 is 0 Å². The molecule has 0 N–H and O–H groups in total. The summed E-state index contributed by atoms with van der Waals surface area (Å²) in [5, 5.41) is -0.187. The van der Waals surface area contributed by atoms with Gasteiger partial charge >= 0.3 is 5.10 Å². The maximum absolute atomic E-state index is 5.35. The first-order valence-corrected chi connectivity index (χ1v) is 10.1. The van der Waals surface area contributed by atoms with Gasteiger partial charge in [0.25, 0.3) is 0 Å². The van der Waals surface area contributed by atoms with Crippen LogP contribution in [0.2, 0.25) is 0 Å². The van der Waals surface area contributed by atoms with Crippen molar-refractivity contribution in [3.05, 3.63) is 0 Å². The molecule has 0 unspecified atom stereocenters. The van der Waals surface area contributed by atoms with Crippen LogP contribution in [0.3, 0.4) is 0 Å². The number of hydrogen-bond acceptors (Lipinski definition) is 3. The maximum atomic E-state index is 5.35. The Hall–Kier alpha value is 1.22. The van der Waals surface area contributed by atoms with Gasteiger partial charge in [0.2, 0.25) is 0 Å². The summed E-state index contributed by atoms with van der Waals surface area (Å²) in [6, 6.07) is 0. The fraction of sp³-hybridized carbons (Fsp3) is 1.00. The van der Waals surface area contributed by atoms with Crippen molar-refractivity contribution < 1.29 is 0 Å². The molecule has 0 aromatic carbocycles. The van der Waals surface area contributed by atoms with E-state index in [1.165, 1.54) is 37.2 Å². The van der Waals surface area contributed by atoms with Gasteiger partial charge in [-0.05, 0) is 12.8 Å². The molecule has 0 rings (SSSR count). The van der Waals surface area contributed by atoms with Gasteiger partial charge in [0.05, 0.1) is 0 Å². The van der Waals surface area contributed by atoms with Crippen LogP contribution in [0.4, 0.5) is 0 Å². The first-order chi connectivity index (χ1) is 5.81. The topological polar surface area (TPSA) is 0 Å². The van der Waals surface area contributed by atoms with Crippen LogP contribution in [0, 0.1) is 0 Å². The second-order valence-electron chi connectivity index (χ2n) is 2.60. The van der Waals surface area contributed by atoms with Gasteiger partial charge < -0.3 is 0 Å². The van der Waals surface area contributed by atoms with Gasteiger partial charge in [-0.3, -0.25) is 0 Å². The molecule has 0 heterocycles. The van der Waals surface area contributed by atoms with E-state index < -0.39 is 0 Å². The minimum Gasteiger partial charge on any atom is -0.0654 e. The normalized spacial score (nSPS) is 10.2. The van der Waals surface area contributed by atoms with E-state index in [0.717, 1.165) is 0 Å². The van der Waals surface area contributed by atoms with Crippen LogP contribution in [0.15, 0.2) is 0 Å². The molecule has 0 aromatic heterocycles. The van der Waals surface area contributed by atoms with Gasteiger partial charge in [-0.2, -0.15) is 0 Å². The molecule has 0 aliphatic rings. The Morgan fingerprint density at radius 3 is 1.75 bits per heavy atom. The predicted molar refractivity (Wildman–Crippen MR) is 69.0 cm³/mol. The summed E-state index contributed by atoms with van der Waals surface area (Å²) in [4.78, 5) is 0. The standard InChI is InChI=1S/C8H18PS3/c1-3-5-7-11-9(10)12-8-6-4-2/h3-8H2,1-2H3/q+1. The van der Waals surface area contributed by atoms with Crippen LogP contribution in [0.1, 0.15) is 39.5 Å². The van der Waals surface area contributed by atoms with E-state index in [4.69, 9.17) is 11.8 Å². The molecule has 0 saturated heterocycles. The Bertz CT molecular complexity index is 105. The lowest BCUT2D eigenvalue weighted by atomic mass is 10.4. The molecule has 0 fully saturated rings. The third kappa shape index (κ3) is 9.31. The second kappa shape index (κ2) is 10.3. The number of hydrogen-bond donors (Lipinski definition) is 0. The third-order valence-corrected chi connectivity index (χ3v) is 8.91. The van der Waals surface area contributed by atoms with Crippen molar-refractivity contribution in [2.45, 2.75) is 39.5 Å². The van der Waals surface area contributed by atoms with Crippen LogP contribution < -0.4 is 0 Å². The lowest BCUT2D eigenvalue weighted by Gasteiger charge is -1.89. The molecule has 4 heteroatoms. The Morgan fingerprint density at radius 2 is 1.42 bits per heavy atom. The summed E-state index contributed by atoms with van der Waals surface area (Å²) in [6.45, 7) is 4.47. The highest BCUT2D eigenvalue weighted by atomic mass is 33.2. The molecule has 0 saturated carbocycles. The van der Waals surface area contributed by atoms with Crippen molar-refractivity contribution >= 4 is 39.7 Å². The zero-order valence-electron chi connectivity index (χ0n) is 7.91. The number of rotatable bonds is 8. The Morgan fingerprint density at radius 1 is 1.00 bits per heavy atom. The zero-order valence-corrected chi connectivity index (χ0v) is 11.3. The average Bonchev–Trinajstić information content (AvgIpc) is 2.06. The molecule has 0 radical (unpaired) electrons. The second-order valence-corrected chi connectivity index (χ2v) is 11.3. The lowest BCUT2D eigenvalue weighted by molar-refractivity contribution is 0.898. The zero-order chi connectivity index (χ0) is 9.23. The quantitative estimate of drug-likeness (QED) is 0.441. The molecule has 0 nitrogen and oxygen atoms in total. The molecule has 0 spiro atoms. The van der Waals surface area contributed by atoms with Crippen molar-refractivity contribution in [1.82, 2.24) is 0 Å². The van der Waals surface area contributed by atoms with E-state index in [1.54, 1.807) is 0 Å².